The monoisotopic (exact) mass is 318 g/mol. The Morgan fingerprint density at radius 2 is 1.88 bits per heavy atom. The van der Waals surface area contributed by atoms with Crippen molar-refractivity contribution in [2.75, 3.05) is 5.32 Å². The average Bonchev–Trinajstić information content (AvgIpc) is 3.05. The summed E-state index contributed by atoms with van der Waals surface area (Å²) in [6, 6.07) is 15.3. The summed E-state index contributed by atoms with van der Waals surface area (Å²) in [4.78, 5) is 24.8. The quantitative estimate of drug-likeness (QED) is 0.806. The molecular weight excluding hydrogens is 300 g/mol. The minimum atomic E-state index is -0.190. The van der Waals surface area contributed by atoms with E-state index in [1.807, 2.05) is 36.4 Å². The highest BCUT2D eigenvalue weighted by atomic mass is 16.2. The summed E-state index contributed by atoms with van der Waals surface area (Å²) in [6.45, 7) is 0.0146. The summed E-state index contributed by atoms with van der Waals surface area (Å²) < 4.78 is 1.45. The fraction of sp³-hybridized carbons (Fsp3) is 0.200. The van der Waals surface area contributed by atoms with Crippen molar-refractivity contribution >= 4 is 22.4 Å². The van der Waals surface area contributed by atoms with Crippen molar-refractivity contribution in [1.82, 2.24) is 4.57 Å². The van der Waals surface area contributed by atoms with Crippen molar-refractivity contribution in [1.29, 1.82) is 0 Å². The molecular formula is C20H18N2O2. The van der Waals surface area contributed by atoms with Crippen LogP contribution in [-0.4, -0.2) is 10.5 Å². The van der Waals surface area contributed by atoms with Crippen molar-refractivity contribution in [3.05, 3.63) is 76.2 Å². The normalized spacial score (nSPS) is 13.0. The molecule has 0 spiro atoms. The Labute approximate surface area is 139 Å². The highest BCUT2D eigenvalue weighted by Crippen LogP contribution is 2.24. The topological polar surface area (TPSA) is 51.1 Å². The van der Waals surface area contributed by atoms with Gasteiger partial charge in [-0.25, -0.2) is 0 Å². The number of carbonyl (C=O) groups is 1. The number of fused-ring (bicyclic) bond motifs is 2. The lowest BCUT2D eigenvalue weighted by molar-refractivity contribution is -0.116. The molecule has 0 unspecified atom stereocenters. The van der Waals surface area contributed by atoms with Crippen LogP contribution in [0.5, 0.6) is 0 Å². The molecule has 0 atom stereocenters. The summed E-state index contributed by atoms with van der Waals surface area (Å²) >= 11 is 0. The molecule has 3 aromatic rings. The molecule has 120 valence electrons. The summed E-state index contributed by atoms with van der Waals surface area (Å²) in [5.74, 6) is -0.190. The number of carbonyl (C=O) groups excluding carboxylic acids is 1. The Bertz CT molecular complexity index is 988. The Morgan fingerprint density at radius 3 is 2.79 bits per heavy atom. The van der Waals surface area contributed by atoms with Crippen LogP contribution in [0.25, 0.3) is 10.8 Å². The van der Waals surface area contributed by atoms with Crippen LogP contribution in [-0.2, 0) is 24.2 Å². The number of rotatable bonds is 3. The van der Waals surface area contributed by atoms with Crippen LogP contribution < -0.4 is 10.9 Å². The number of pyridine rings is 1. The van der Waals surface area contributed by atoms with Crippen molar-refractivity contribution in [2.45, 2.75) is 25.8 Å². The number of nitrogens with one attached hydrogen (secondary N) is 1. The van der Waals surface area contributed by atoms with Gasteiger partial charge >= 0.3 is 0 Å². The predicted molar refractivity (Wildman–Crippen MR) is 95.3 cm³/mol. The van der Waals surface area contributed by atoms with Gasteiger partial charge in [-0.05, 0) is 60.0 Å². The molecule has 1 amide bonds. The van der Waals surface area contributed by atoms with E-state index in [0.717, 1.165) is 23.9 Å². The molecule has 0 bridgehead atoms. The van der Waals surface area contributed by atoms with E-state index in [9.17, 15) is 9.59 Å². The Hall–Kier alpha value is -2.88. The third kappa shape index (κ3) is 2.71. The molecule has 0 saturated heterocycles. The van der Waals surface area contributed by atoms with Gasteiger partial charge in [0.1, 0.15) is 6.54 Å². The van der Waals surface area contributed by atoms with Gasteiger partial charge in [-0.15, -0.1) is 0 Å². The van der Waals surface area contributed by atoms with Gasteiger partial charge < -0.3 is 9.88 Å². The van der Waals surface area contributed by atoms with Crippen LogP contribution in [0.3, 0.4) is 0 Å². The van der Waals surface area contributed by atoms with Gasteiger partial charge in [0.15, 0.2) is 0 Å². The first-order valence-electron chi connectivity index (χ1n) is 8.20. The SMILES string of the molecule is O=C(Cn1ccc2ccccc2c1=O)Nc1ccc2c(c1)CCC2. The van der Waals surface area contributed by atoms with E-state index < -0.39 is 0 Å². The maximum atomic E-state index is 12.5. The molecule has 0 saturated carbocycles. The van der Waals surface area contributed by atoms with E-state index >= 15 is 0 Å². The van der Waals surface area contributed by atoms with E-state index in [-0.39, 0.29) is 18.0 Å². The first-order valence-corrected chi connectivity index (χ1v) is 8.20. The summed E-state index contributed by atoms with van der Waals surface area (Å²) in [7, 11) is 0. The first kappa shape index (κ1) is 14.7. The number of aromatic nitrogens is 1. The summed E-state index contributed by atoms with van der Waals surface area (Å²) in [5.41, 5.74) is 3.35. The fourth-order valence-corrected chi connectivity index (χ4v) is 3.36. The molecule has 0 aliphatic heterocycles. The van der Waals surface area contributed by atoms with E-state index in [1.54, 1.807) is 12.3 Å². The maximum absolute atomic E-state index is 12.5. The standard InChI is InChI=1S/C20H18N2O2/c23-19(21-17-9-8-14-5-3-6-16(14)12-17)13-22-11-10-15-4-1-2-7-18(15)20(22)24/h1-2,4,7-12H,3,5-6,13H2,(H,21,23). The van der Waals surface area contributed by atoms with Crippen LogP contribution in [0.1, 0.15) is 17.5 Å². The molecule has 1 N–H and O–H groups in total. The second-order valence-electron chi connectivity index (χ2n) is 6.22. The van der Waals surface area contributed by atoms with Gasteiger partial charge in [0.25, 0.3) is 5.56 Å². The average molecular weight is 318 g/mol. The third-order valence-corrected chi connectivity index (χ3v) is 4.58. The molecule has 1 heterocycles. The van der Waals surface area contributed by atoms with Crippen LogP contribution >= 0.6 is 0 Å². The van der Waals surface area contributed by atoms with Gasteiger partial charge in [-0.3, -0.25) is 9.59 Å². The molecule has 1 aromatic heterocycles. The second-order valence-corrected chi connectivity index (χ2v) is 6.22. The van der Waals surface area contributed by atoms with Crippen LogP contribution in [0.15, 0.2) is 59.5 Å². The molecule has 4 heteroatoms. The third-order valence-electron chi connectivity index (χ3n) is 4.58. The molecule has 1 aliphatic carbocycles. The Morgan fingerprint density at radius 1 is 1.04 bits per heavy atom. The zero-order valence-corrected chi connectivity index (χ0v) is 13.3. The number of amides is 1. The summed E-state index contributed by atoms with van der Waals surface area (Å²) in [6.07, 6.45) is 5.05. The van der Waals surface area contributed by atoms with Crippen molar-refractivity contribution in [2.24, 2.45) is 0 Å². The lowest BCUT2D eigenvalue weighted by Gasteiger charge is -2.10. The molecule has 24 heavy (non-hydrogen) atoms. The van der Waals surface area contributed by atoms with E-state index in [0.29, 0.717) is 5.39 Å². The van der Waals surface area contributed by atoms with Gasteiger partial charge in [-0.1, -0.05) is 24.3 Å². The largest absolute Gasteiger partial charge is 0.325 e. The van der Waals surface area contributed by atoms with Gasteiger partial charge in [0, 0.05) is 17.3 Å². The first-order chi connectivity index (χ1) is 11.7. The Kier molecular flexibility index (Phi) is 3.65. The van der Waals surface area contributed by atoms with Crippen molar-refractivity contribution in [3.8, 4) is 0 Å². The van der Waals surface area contributed by atoms with E-state index in [2.05, 4.69) is 11.4 Å². The Balaban J connectivity index is 1.54. The highest BCUT2D eigenvalue weighted by molar-refractivity contribution is 5.91. The minimum absolute atomic E-state index is 0.0146. The number of hydrogen-bond donors (Lipinski definition) is 1. The number of hydrogen-bond acceptors (Lipinski definition) is 2. The van der Waals surface area contributed by atoms with Crippen LogP contribution in [0.4, 0.5) is 5.69 Å². The minimum Gasteiger partial charge on any atom is -0.325 e. The van der Waals surface area contributed by atoms with Crippen LogP contribution in [0.2, 0.25) is 0 Å². The molecule has 4 nitrogen and oxygen atoms in total. The maximum Gasteiger partial charge on any atom is 0.258 e. The molecule has 0 radical (unpaired) electrons. The van der Waals surface area contributed by atoms with E-state index in [1.165, 1.54) is 22.1 Å². The van der Waals surface area contributed by atoms with Crippen molar-refractivity contribution < 1.29 is 4.79 Å². The van der Waals surface area contributed by atoms with E-state index in [4.69, 9.17) is 0 Å². The zero-order chi connectivity index (χ0) is 16.5. The number of nitrogens with zero attached hydrogens (tertiary/aromatic N) is 1. The highest BCUT2D eigenvalue weighted by Gasteiger charge is 2.12. The molecule has 0 fully saturated rings. The number of benzene rings is 2. The van der Waals surface area contributed by atoms with Gasteiger partial charge in [-0.2, -0.15) is 0 Å². The van der Waals surface area contributed by atoms with Crippen molar-refractivity contribution in [3.63, 3.8) is 0 Å². The smallest absolute Gasteiger partial charge is 0.258 e. The predicted octanol–water partition coefficient (Wildman–Crippen LogP) is 3.13. The zero-order valence-electron chi connectivity index (χ0n) is 13.3. The van der Waals surface area contributed by atoms with Gasteiger partial charge in [0.05, 0.1) is 0 Å². The number of aryl methyl sites for hydroxylation is 2. The molecule has 1 aliphatic rings. The number of anilines is 1. The lowest BCUT2D eigenvalue weighted by atomic mass is 10.1. The fourth-order valence-electron chi connectivity index (χ4n) is 3.36. The lowest BCUT2D eigenvalue weighted by Crippen LogP contribution is -2.27. The molecule has 4 rings (SSSR count). The summed E-state index contributed by atoms with van der Waals surface area (Å²) in [5, 5.41) is 4.41. The van der Waals surface area contributed by atoms with Gasteiger partial charge in [0.2, 0.25) is 5.91 Å². The second kappa shape index (κ2) is 5.96. The molecule has 2 aromatic carbocycles. The van der Waals surface area contributed by atoms with Crippen LogP contribution in [0, 0.1) is 0 Å².